The average Bonchev–Trinajstić information content (AvgIpc) is 2.97. The molecule has 0 fully saturated rings. The number of nitrogens with zero attached hydrogens (tertiary/aromatic N) is 1. The molecule has 0 saturated heterocycles. The van der Waals surface area contributed by atoms with Gasteiger partial charge in [0.25, 0.3) is 0 Å². The van der Waals surface area contributed by atoms with Gasteiger partial charge >= 0.3 is 0 Å². The van der Waals surface area contributed by atoms with Crippen LogP contribution in [0.25, 0.3) is 32.8 Å². The molecule has 0 aliphatic heterocycles. The molecule has 0 saturated carbocycles. The highest BCUT2D eigenvalue weighted by Gasteiger charge is 2.23. The lowest BCUT2D eigenvalue weighted by Crippen LogP contribution is -2.25. The summed E-state index contributed by atoms with van der Waals surface area (Å²) in [5.74, 6) is 0. The first-order chi connectivity index (χ1) is 18.7. The smallest absolute Gasteiger partial charge is 0.0950 e. The summed E-state index contributed by atoms with van der Waals surface area (Å²) in [6.07, 6.45) is 7.44. The first kappa shape index (κ1) is 25.5. The van der Waals surface area contributed by atoms with Crippen LogP contribution in [0.5, 0.6) is 0 Å². The van der Waals surface area contributed by atoms with Gasteiger partial charge in [-0.05, 0) is 70.6 Å². The number of benzene rings is 4. The molecule has 5 aromatic rings. The number of allylic oxidation sites excluding steroid dienone is 4. The van der Waals surface area contributed by atoms with Crippen molar-refractivity contribution >= 4 is 21.5 Å². The molecular formula is C36H36N2. The summed E-state index contributed by atoms with van der Waals surface area (Å²) in [7, 11) is 0. The molecule has 1 unspecified atom stereocenters. The summed E-state index contributed by atoms with van der Waals surface area (Å²) in [6, 6.07) is 36.6. The monoisotopic (exact) mass is 496 g/mol. The topological polar surface area (TPSA) is 24.9 Å². The Kier molecular flexibility index (Phi) is 7.99. The maximum Gasteiger partial charge on any atom is 0.0950 e. The third-order valence-corrected chi connectivity index (χ3v) is 7.19. The second kappa shape index (κ2) is 11.9. The number of aromatic nitrogens is 1. The number of hydrogen-bond donors (Lipinski definition) is 1. The van der Waals surface area contributed by atoms with Gasteiger partial charge in [0.15, 0.2) is 0 Å². The van der Waals surface area contributed by atoms with E-state index in [9.17, 15) is 0 Å². The fourth-order valence-corrected chi connectivity index (χ4v) is 5.42. The van der Waals surface area contributed by atoms with Gasteiger partial charge in [-0.15, -0.1) is 0 Å². The molecule has 0 spiro atoms. The molecule has 5 rings (SSSR count). The zero-order chi connectivity index (χ0) is 26.3. The number of fused-ring (bicyclic) bond motifs is 2. The second-order valence-corrected chi connectivity index (χ2v) is 9.73. The summed E-state index contributed by atoms with van der Waals surface area (Å²) in [5, 5.41) is 9.07. The lowest BCUT2D eigenvalue weighted by Gasteiger charge is -2.27. The third kappa shape index (κ3) is 5.26. The highest BCUT2D eigenvalue weighted by molar-refractivity contribution is 6.03. The molecule has 38 heavy (non-hydrogen) atoms. The van der Waals surface area contributed by atoms with Crippen molar-refractivity contribution in [2.24, 2.45) is 0 Å². The molecule has 2 heteroatoms. The third-order valence-electron chi connectivity index (χ3n) is 7.19. The van der Waals surface area contributed by atoms with Crippen LogP contribution in [-0.2, 0) is 0 Å². The van der Waals surface area contributed by atoms with Gasteiger partial charge in [-0.1, -0.05) is 117 Å². The lowest BCUT2D eigenvalue weighted by atomic mass is 9.89. The van der Waals surface area contributed by atoms with Crippen LogP contribution in [-0.4, -0.2) is 4.98 Å². The standard InChI is InChI=1S/C36H36N2/c1-4-15-26(6-3)32(16-5-2)38-36(34-24-14-23-33(37-34)27-17-8-7-9-18-27)35-30-21-12-10-19-28(30)25-29-20-11-13-22-31(29)35/h4,7-15,17-25,36,38H,5-6,16H2,1-3H3/b15-4-,32-26+. The van der Waals surface area contributed by atoms with E-state index in [4.69, 9.17) is 4.98 Å². The maximum absolute atomic E-state index is 5.27. The van der Waals surface area contributed by atoms with Crippen molar-refractivity contribution < 1.29 is 0 Å². The van der Waals surface area contributed by atoms with Gasteiger partial charge in [0, 0.05) is 11.3 Å². The Hall–Kier alpha value is -4.17. The number of pyridine rings is 1. The van der Waals surface area contributed by atoms with Crippen LogP contribution in [0.1, 0.15) is 57.3 Å². The molecule has 1 atom stereocenters. The number of hydrogen-bond acceptors (Lipinski definition) is 2. The van der Waals surface area contributed by atoms with Crippen LogP contribution in [0, 0.1) is 0 Å². The van der Waals surface area contributed by atoms with Crippen molar-refractivity contribution in [3.63, 3.8) is 0 Å². The van der Waals surface area contributed by atoms with E-state index in [1.165, 1.54) is 38.4 Å². The fraction of sp³-hybridized carbons (Fsp3) is 0.194. The van der Waals surface area contributed by atoms with E-state index in [-0.39, 0.29) is 6.04 Å². The summed E-state index contributed by atoms with van der Waals surface area (Å²) in [4.78, 5) is 5.27. The first-order valence-electron chi connectivity index (χ1n) is 13.8. The molecule has 4 aromatic carbocycles. The molecule has 1 aromatic heterocycles. The van der Waals surface area contributed by atoms with Crippen LogP contribution in [0.4, 0.5) is 0 Å². The van der Waals surface area contributed by atoms with Crippen molar-refractivity contribution in [2.45, 2.75) is 46.1 Å². The molecular weight excluding hydrogens is 460 g/mol. The minimum absolute atomic E-state index is 0.108. The normalized spacial score (nSPS) is 13.1. The zero-order valence-electron chi connectivity index (χ0n) is 22.6. The van der Waals surface area contributed by atoms with Crippen molar-refractivity contribution in [1.29, 1.82) is 0 Å². The van der Waals surface area contributed by atoms with Gasteiger partial charge in [0.05, 0.1) is 17.4 Å². The predicted octanol–water partition coefficient (Wildman–Crippen LogP) is 9.77. The van der Waals surface area contributed by atoms with Crippen molar-refractivity contribution in [1.82, 2.24) is 10.3 Å². The van der Waals surface area contributed by atoms with E-state index >= 15 is 0 Å². The second-order valence-electron chi connectivity index (χ2n) is 9.73. The Morgan fingerprint density at radius 1 is 0.789 bits per heavy atom. The van der Waals surface area contributed by atoms with Gasteiger partial charge < -0.3 is 5.32 Å². The Morgan fingerprint density at radius 3 is 2.08 bits per heavy atom. The molecule has 0 bridgehead atoms. The lowest BCUT2D eigenvalue weighted by molar-refractivity contribution is 0.638. The van der Waals surface area contributed by atoms with E-state index in [1.54, 1.807) is 0 Å². The fourth-order valence-electron chi connectivity index (χ4n) is 5.42. The van der Waals surface area contributed by atoms with E-state index in [0.29, 0.717) is 0 Å². The van der Waals surface area contributed by atoms with Crippen LogP contribution in [0.3, 0.4) is 0 Å². The van der Waals surface area contributed by atoms with E-state index in [0.717, 1.165) is 36.2 Å². The van der Waals surface area contributed by atoms with E-state index in [1.807, 2.05) is 0 Å². The minimum Gasteiger partial charge on any atom is -0.376 e. The maximum atomic E-state index is 5.27. The first-order valence-corrected chi connectivity index (χ1v) is 13.8. The largest absolute Gasteiger partial charge is 0.376 e. The van der Waals surface area contributed by atoms with Gasteiger partial charge in [-0.25, -0.2) is 0 Å². The molecule has 1 heterocycles. The quantitative estimate of drug-likeness (QED) is 0.162. The minimum atomic E-state index is -0.108. The van der Waals surface area contributed by atoms with Crippen LogP contribution >= 0.6 is 0 Å². The Morgan fingerprint density at radius 2 is 1.45 bits per heavy atom. The van der Waals surface area contributed by atoms with Crippen molar-refractivity contribution in [3.05, 3.63) is 138 Å². The average molecular weight is 497 g/mol. The highest BCUT2D eigenvalue weighted by Crippen LogP contribution is 2.37. The van der Waals surface area contributed by atoms with Crippen LogP contribution < -0.4 is 5.32 Å². The summed E-state index contributed by atoms with van der Waals surface area (Å²) in [6.45, 7) is 6.59. The van der Waals surface area contributed by atoms with E-state index in [2.05, 4.69) is 141 Å². The van der Waals surface area contributed by atoms with Gasteiger partial charge in [0.2, 0.25) is 0 Å². The molecule has 0 aliphatic rings. The molecule has 2 nitrogen and oxygen atoms in total. The van der Waals surface area contributed by atoms with Crippen molar-refractivity contribution in [2.75, 3.05) is 0 Å². The zero-order valence-corrected chi connectivity index (χ0v) is 22.6. The van der Waals surface area contributed by atoms with Crippen molar-refractivity contribution in [3.8, 4) is 11.3 Å². The SMILES string of the molecule is C/C=C\C(CC)=C(/CCC)NC(c1cccc(-c2ccccc2)n1)c1c2ccccc2cc2ccccc12. The summed E-state index contributed by atoms with van der Waals surface area (Å²) in [5.41, 5.74) is 7.07. The van der Waals surface area contributed by atoms with E-state index < -0.39 is 0 Å². The molecule has 0 amide bonds. The summed E-state index contributed by atoms with van der Waals surface area (Å²) < 4.78 is 0. The molecule has 0 radical (unpaired) electrons. The van der Waals surface area contributed by atoms with Gasteiger partial charge in [-0.3, -0.25) is 4.98 Å². The van der Waals surface area contributed by atoms with Crippen LogP contribution in [0.2, 0.25) is 0 Å². The molecule has 190 valence electrons. The Labute approximate surface area is 226 Å². The van der Waals surface area contributed by atoms with Crippen LogP contribution in [0.15, 0.2) is 127 Å². The predicted molar refractivity (Wildman–Crippen MR) is 163 cm³/mol. The molecule has 1 N–H and O–H groups in total. The highest BCUT2D eigenvalue weighted by atomic mass is 15.0. The number of nitrogens with one attached hydrogen (secondary N) is 1. The molecule has 0 aliphatic carbocycles. The Balaban J connectivity index is 1.79. The van der Waals surface area contributed by atoms with Gasteiger partial charge in [-0.2, -0.15) is 0 Å². The van der Waals surface area contributed by atoms with Gasteiger partial charge in [0.1, 0.15) is 0 Å². The Bertz CT molecular complexity index is 1540. The summed E-state index contributed by atoms with van der Waals surface area (Å²) >= 11 is 0. The number of rotatable bonds is 9.